The van der Waals surface area contributed by atoms with Crippen molar-refractivity contribution >= 4 is 11.9 Å². The fraction of sp³-hybridized carbons (Fsp3) is 0.176. The van der Waals surface area contributed by atoms with Crippen LogP contribution in [0.25, 0.3) is 0 Å². The standard InChI is InChI=1S/C17H16O5/c1-2-4-11-5-3-6-12(9-11)22-13-7-8-14(16(18)19)15(10-13)17(20)21/h3,5-10H,2,4H2,1H3,(H,18,19)(H,20,21)/i9D. The van der Waals surface area contributed by atoms with Crippen LogP contribution in [0.3, 0.4) is 0 Å². The van der Waals surface area contributed by atoms with Gasteiger partial charge in [0.2, 0.25) is 0 Å². The molecule has 2 aromatic rings. The van der Waals surface area contributed by atoms with E-state index in [1.165, 1.54) is 12.1 Å². The monoisotopic (exact) mass is 301 g/mol. The molecule has 0 aromatic heterocycles. The molecule has 0 saturated carbocycles. The molecule has 2 aromatic carbocycles. The molecule has 0 saturated heterocycles. The number of benzene rings is 2. The molecule has 5 nitrogen and oxygen atoms in total. The van der Waals surface area contributed by atoms with Gasteiger partial charge < -0.3 is 14.9 Å². The summed E-state index contributed by atoms with van der Waals surface area (Å²) in [5.74, 6) is -2.19. The van der Waals surface area contributed by atoms with E-state index in [0.717, 1.165) is 24.5 Å². The van der Waals surface area contributed by atoms with Gasteiger partial charge in [-0.15, -0.1) is 0 Å². The third-order valence-corrected chi connectivity index (χ3v) is 3.03. The fourth-order valence-electron chi connectivity index (χ4n) is 2.05. The first-order valence-corrected chi connectivity index (χ1v) is 6.81. The first-order valence-electron chi connectivity index (χ1n) is 7.31. The van der Waals surface area contributed by atoms with Crippen LogP contribution in [0.2, 0.25) is 0 Å². The molecule has 0 heterocycles. The lowest BCUT2D eigenvalue weighted by Gasteiger charge is -2.09. The van der Waals surface area contributed by atoms with Gasteiger partial charge in [-0.05, 0) is 42.3 Å². The average Bonchev–Trinajstić information content (AvgIpc) is 2.51. The molecule has 0 radical (unpaired) electrons. The van der Waals surface area contributed by atoms with Gasteiger partial charge in [0.05, 0.1) is 12.5 Å². The summed E-state index contributed by atoms with van der Waals surface area (Å²) in [5, 5.41) is 18.1. The Balaban J connectivity index is 2.38. The summed E-state index contributed by atoms with van der Waals surface area (Å²) >= 11 is 0. The molecule has 0 spiro atoms. The van der Waals surface area contributed by atoms with Crippen LogP contribution in [0, 0.1) is 0 Å². The van der Waals surface area contributed by atoms with E-state index in [1.54, 1.807) is 12.1 Å². The van der Waals surface area contributed by atoms with Gasteiger partial charge in [0.25, 0.3) is 0 Å². The Morgan fingerprint density at radius 3 is 2.45 bits per heavy atom. The fourth-order valence-corrected chi connectivity index (χ4v) is 2.05. The average molecular weight is 301 g/mol. The second-order valence-electron chi connectivity index (χ2n) is 4.71. The Morgan fingerprint density at radius 1 is 1.09 bits per heavy atom. The van der Waals surface area contributed by atoms with Crippen LogP contribution in [0.15, 0.2) is 42.4 Å². The highest BCUT2D eigenvalue weighted by molar-refractivity contribution is 6.02. The molecular weight excluding hydrogens is 284 g/mol. The van der Waals surface area contributed by atoms with Crippen molar-refractivity contribution in [2.45, 2.75) is 19.8 Å². The molecule has 0 fully saturated rings. The lowest BCUT2D eigenvalue weighted by molar-refractivity contribution is 0.0651. The Bertz CT molecular complexity index is 755. The van der Waals surface area contributed by atoms with Crippen molar-refractivity contribution in [3.05, 3.63) is 59.1 Å². The topological polar surface area (TPSA) is 83.8 Å². The molecule has 2 rings (SSSR count). The number of hydrogen-bond acceptors (Lipinski definition) is 3. The van der Waals surface area contributed by atoms with Gasteiger partial charge in [-0.2, -0.15) is 0 Å². The molecule has 0 aliphatic heterocycles. The van der Waals surface area contributed by atoms with E-state index >= 15 is 0 Å². The first kappa shape index (κ1) is 14.1. The lowest BCUT2D eigenvalue weighted by atomic mass is 10.1. The smallest absolute Gasteiger partial charge is 0.336 e. The highest BCUT2D eigenvalue weighted by atomic mass is 16.5. The van der Waals surface area contributed by atoms with E-state index in [-0.39, 0.29) is 22.9 Å². The van der Waals surface area contributed by atoms with Gasteiger partial charge in [0, 0.05) is 0 Å². The number of carboxylic acids is 2. The Hall–Kier alpha value is -2.82. The van der Waals surface area contributed by atoms with Gasteiger partial charge >= 0.3 is 11.9 Å². The van der Waals surface area contributed by atoms with Gasteiger partial charge in [-0.1, -0.05) is 25.5 Å². The van der Waals surface area contributed by atoms with Crippen LogP contribution in [0.4, 0.5) is 0 Å². The minimum absolute atomic E-state index is 0.176. The normalized spacial score (nSPS) is 10.9. The lowest BCUT2D eigenvalue weighted by Crippen LogP contribution is -2.07. The SMILES string of the molecule is [2H]c1c(CCC)cccc1Oc1ccc(C(=O)O)c(C(=O)O)c1. The summed E-state index contributed by atoms with van der Waals surface area (Å²) in [6.07, 6.45) is 1.64. The molecule has 0 bridgehead atoms. The first-order chi connectivity index (χ1) is 10.9. The zero-order chi connectivity index (χ0) is 17.0. The summed E-state index contributed by atoms with van der Waals surface area (Å²) < 4.78 is 13.7. The second kappa shape index (κ2) is 6.76. The Kier molecular flexibility index (Phi) is 4.34. The zero-order valence-electron chi connectivity index (χ0n) is 13.0. The predicted octanol–water partition coefficient (Wildman–Crippen LogP) is 3.83. The third-order valence-electron chi connectivity index (χ3n) is 3.03. The molecule has 2 N–H and O–H groups in total. The van der Waals surface area contributed by atoms with Crippen molar-refractivity contribution in [1.29, 1.82) is 0 Å². The van der Waals surface area contributed by atoms with Crippen LogP contribution in [0.1, 0.15) is 41.0 Å². The van der Waals surface area contributed by atoms with Crippen molar-refractivity contribution in [3.63, 3.8) is 0 Å². The van der Waals surface area contributed by atoms with Crippen molar-refractivity contribution in [1.82, 2.24) is 0 Å². The maximum atomic E-state index is 11.2. The van der Waals surface area contributed by atoms with Gasteiger partial charge in [-0.25, -0.2) is 9.59 Å². The highest BCUT2D eigenvalue weighted by Crippen LogP contribution is 2.25. The van der Waals surface area contributed by atoms with Crippen LogP contribution in [-0.2, 0) is 6.42 Å². The number of rotatable bonds is 6. The number of hydrogen-bond donors (Lipinski definition) is 2. The maximum absolute atomic E-state index is 11.2. The van der Waals surface area contributed by atoms with Crippen molar-refractivity contribution in [2.75, 3.05) is 0 Å². The number of aryl methyl sites for hydroxylation is 1. The molecular formula is C17H16O5. The van der Waals surface area contributed by atoms with E-state index in [4.69, 9.17) is 16.3 Å². The summed E-state index contributed by atoms with van der Waals surface area (Å²) in [7, 11) is 0. The van der Waals surface area contributed by atoms with E-state index in [2.05, 4.69) is 0 Å². The van der Waals surface area contributed by atoms with Gasteiger partial charge in [0.1, 0.15) is 11.5 Å². The largest absolute Gasteiger partial charge is 0.478 e. The van der Waals surface area contributed by atoms with Gasteiger partial charge in [0.15, 0.2) is 0 Å². The molecule has 0 atom stereocenters. The third kappa shape index (κ3) is 3.63. The summed E-state index contributed by atoms with van der Waals surface area (Å²) in [4.78, 5) is 22.2. The Morgan fingerprint density at radius 2 is 1.82 bits per heavy atom. The second-order valence-corrected chi connectivity index (χ2v) is 4.71. The number of aromatic carboxylic acids is 2. The van der Waals surface area contributed by atoms with Crippen LogP contribution >= 0.6 is 0 Å². The van der Waals surface area contributed by atoms with E-state index in [0.29, 0.717) is 5.75 Å². The van der Waals surface area contributed by atoms with Crippen LogP contribution < -0.4 is 4.74 Å². The summed E-state index contributed by atoms with van der Waals surface area (Å²) in [6.45, 7) is 2.01. The minimum atomic E-state index is -1.35. The number of carboxylic acid groups (broad SMARTS) is 2. The van der Waals surface area contributed by atoms with Crippen LogP contribution in [0.5, 0.6) is 11.5 Å². The molecule has 22 heavy (non-hydrogen) atoms. The molecule has 114 valence electrons. The molecule has 0 aliphatic carbocycles. The molecule has 0 aliphatic rings. The molecule has 0 amide bonds. The molecule has 0 unspecified atom stereocenters. The number of ether oxygens (including phenoxy) is 1. The number of carbonyl (C=O) groups is 2. The summed E-state index contributed by atoms with van der Waals surface area (Å²) in [6, 6.07) is 9.18. The maximum Gasteiger partial charge on any atom is 0.336 e. The van der Waals surface area contributed by atoms with E-state index < -0.39 is 11.9 Å². The van der Waals surface area contributed by atoms with Crippen molar-refractivity contribution in [2.24, 2.45) is 0 Å². The summed E-state index contributed by atoms with van der Waals surface area (Å²) in [5.41, 5.74) is 0.174. The molecule has 5 heteroatoms. The van der Waals surface area contributed by atoms with Crippen molar-refractivity contribution < 1.29 is 25.9 Å². The van der Waals surface area contributed by atoms with E-state index in [9.17, 15) is 9.59 Å². The van der Waals surface area contributed by atoms with Gasteiger partial charge in [-0.3, -0.25) is 0 Å². The Labute approximate surface area is 129 Å². The van der Waals surface area contributed by atoms with Crippen molar-refractivity contribution in [3.8, 4) is 11.5 Å². The predicted molar refractivity (Wildman–Crippen MR) is 80.9 cm³/mol. The van der Waals surface area contributed by atoms with Crippen LogP contribution in [-0.4, -0.2) is 22.2 Å². The minimum Gasteiger partial charge on any atom is -0.478 e. The zero-order valence-corrected chi connectivity index (χ0v) is 12.0. The highest BCUT2D eigenvalue weighted by Gasteiger charge is 2.17. The quantitative estimate of drug-likeness (QED) is 0.847. The van der Waals surface area contributed by atoms with E-state index in [1.807, 2.05) is 13.0 Å².